The predicted octanol–water partition coefficient (Wildman–Crippen LogP) is 22.7. The van der Waals surface area contributed by atoms with Crippen molar-refractivity contribution >= 4 is 0 Å². The van der Waals surface area contributed by atoms with Gasteiger partial charge >= 0.3 is 18.5 Å². The third kappa shape index (κ3) is 203. The molecule has 0 aliphatic rings. The lowest BCUT2D eigenvalue weighted by atomic mass is 9.96. The van der Waals surface area contributed by atoms with Crippen molar-refractivity contribution in [3.05, 3.63) is 0 Å². The number of unbranched alkanes of at least 4 members (excludes halogenated alkanes) is 3. The van der Waals surface area contributed by atoms with E-state index in [1.807, 2.05) is 62.3 Å². The molecule has 0 nitrogen and oxygen atoms in total. The highest BCUT2D eigenvalue weighted by atomic mass is 19.4. The first-order chi connectivity index (χ1) is 27.0. The van der Waals surface area contributed by atoms with E-state index in [0.717, 1.165) is 46.5 Å². The zero-order chi connectivity index (χ0) is 54.2. The Hall–Kier alpha value is -0.630. The Kier molecular flexibility index (Phi) is 84.5. The number of alkyl halides is 9. The highest BCUT2D eigenvalue weighted by Gasteiger charge is 2.43. The molecule has 0 radical (unpaired) electrons. The van der Waals surface area contributed by atoms with E-state index >= 15 is 0 Å². The molecule has 0 saturated heterocycles. The van der Waals surface area contributed by atoms with Crippen molar-refractivity contribution in [3.8, 4) is 0 Å². The van der Waals surface area contributed by atoms with Crippen LogP contribution in [0.25, 0.3) is 0 Å². The number of rotatable bonds is 6. The van der Waals surface area contributed by atoms with E-state index in [4.69, 9.17) is 5.48 Å². The smallest absolute Gasteiger partial charge is 0.171 e. The van der Waals surface area contributed by atoms with Gasteiger partial charge in [0.15, 0.2) is 0 Å². The molecule has 0 aromatic carbocycles. The van der Waals surface area contributed by atoms with Gasteiger partial charge in [-0.2, -0.15) is 39.5 Å². The molecule has 0 aromatic rings. The summed E-state index contributed by atoms with van der Waals surface area (Å²) in [6.07, 6.45) is -2.97. The van der Waals surface area contributed by atoms with Crippen molar-refractivity contribution in [2.24, 2.45) is 40.9 Å². The minimum absolute atomic E-state index is 0.170. The Morgan fingerprint density at radius 1 is 0.448 bits per heavy atom. The molecule has 0 saturated carbocycles. The maximum atomic E-state index is 11.6. The highest BCUT2D eigenvalue weighted by molar-refractivity contribution is 4.70. The molecule has 0 bridgehead atoms. The standard InChI is InChI=1S/2C5H9F3.2C5H12.C4H7F3.5C4H10.C3H8.C2H6/c1-4(2,3)5(6,7)8;1-3-4(2)5(6,7)8;1-4-5(2)3;1-3-5-4-2;1-3(2)4(5,6)7;3*1-4(2)3;2*1-3-4-2;1-3-2;1-2/h1-3H3;4H,3H2,1-2H3;5H,4H2,1-3H3;3-5H2,1-2H3;3H,1-2H3;3*4H,1-3H3;2*3-4H2,1-2H3;3H2,1-2H3;1-2H3/i;;;;;2*4D;;3D2;;;. The molecule has 0 aliphatic carbocycles. The van der Waals surface area contributed by atoms with Crippen LogP contribution in [0.5, 0.6) is 0 Å². The Morgan fingerprint density at radius 2 is 0.621 bits per heavy atom. The van der Waals surface area contributed by atoms with Gasteiger partial charge in [0.25, 0.3) is 0 Å². The molecule has 0 heterocycles. The van der Waals surface area contributed by atoms with Gasteiger partial charge in [0.05, 0.1) is 11.3 Å². The second kappa shape index (κ2) is 65.5. The van der Waals surface area contributed by atoms with Crippen LogP contribution >= 0.6 is 0 Å². The summed E-state index contributed by atoms with van der Waals surface area (Å²) in [7, 11) is 0. The fraction of sp³-hybridized carbons (Fsp3) is 1.00. The van der Waals surface area contributed by atoms with Crippen LogP contribution in [-0.4, -0.2) is 18.5 Å². The summed E-state index contributed by atoms with van der Waals surface area (Å²) >= 11 is 0. The summed E-state index contributed by atoms with van der Waals surface area (Å²) in [6, 6.07) is 0. The van der Waals surface area contributed by atoms with E-state index in [1.165, 1.54) is 58.8 Å². The molecule has 0 fully saturated rings. The molecule has 0 rings (SSSR count). The fourth-order valence-electron chi connectivity index (χ4n) is 0.585. The lowest BCUT2D eigenvalue weighted by Crippen LogP contribution is -2.28. The van der Waals surface area contributed by atoms with E-state index in [2.05, 4.69) is 83.1 Å². The largest absolute Gasteiger partial charge is 0.393 e. The first kappa shape index (κ1) is 74.8. The molecule has 0 aromatic heterocycles. The van der Waals surface area contributed by atoms with Crippen LogP contribution in [0.4, 0.5) is 39.5 Å². The zero-order valence-electron chi connectivity index (χ0n) is 48.6. The average Bonchev–Trinajstić information content (AvgIpc) is 3.03. The molecule has 0 amide bonds. The number of halogens is 9. The van der Waals surface area contributed by atoms with Gasteiger partial charge in [-0.1, -0.05) is 259 Å². The molecule has 372 valence electrons. The van der Waals surface area contributed by atoms with Gasteiger partial charge < -0.3 is 0 Å². The van der Waals surface area contributed by atoms with Gasteiger partial charge in [-0.15, -0.1) is 0 Å². The second-order valence-electron chi connectivity index (χ2n) is 16.6. The number of hydrogen-bond donors (Lipinski definition) is 0. The van der Waals surface area contributed by atoms with Crippen molar-refractivity contribution in [3.63, 3.8) is 0 Å². The van der Waals surface area contributed by atoms with Gasteiger partial charge in [0.1, 0.15) is 0 Å². The van der Waals surface area contributed by atoms with Crippen LogP contribution in [0.1, 0.15) is 270 Å². The molecule has 0 N–H and O–H groups in total. The first-order valence-electron chi connectivity index (χ1n) is 24.2. The molecular formula is C49H113F9. The summed E-state index contributed by atoms with van der Waals surface area (Å²) in [4.78, 5) is 0. The summed E-state index contributed by atoms with van der Waals surface area (Å²) in [5.74, 6) is -1.13. The first-order valence-corrected chi connectivity index (χ1v) is 22.2. The topological polar surface area (TPSA) is 0 Å². The normalized spacial score (nSPS) is 12.2. The van der Waals surface area contributed by atoms with Crippen molar-refractivity contribution in [2.45, 2.75) is 283 Å². The van der Waals surface area contributed by atoms with Gasteiger partial charge in [-0.25, -0.2) is 0 Å². The lowest BCUT2D eigenvalue weighted by molar-refractivity contribution is -0.204. The van der Waals surface area contributed by atoms with Gasteiger partial charge in [-0.05, 0) is 30.0 Å². The third-order valence-corrected chi connectivity index (χ3v) is 5.05. The SMILES string of the molecule is CC.CC(C)(C)C(F)(F)F.CC(C)C.CC(C)C(F)(F)F.CCC.CCC(C)C.CCC(C)C(F)(F)F.CCCC.CCCCC.[2H]C(C)(C)C.[2H]C(C)(C)C.[2H]C([2H])(C)CC. The maximum Gasteiger partial charge on any atom is 0.393 e. The van der Waals surface area contributed by atoms with Gasteiger partial charge in [-0.3, -0.25) is 0 Å². The summed E-state index contributed by atoms with van der Waals surface area (Å²) < 4.78 is 130. The summed E-state index contributed by atoms with van der Waals surface area (Å²) in [5, 5.41) is 0. The van der Waals surface area contributed by atoms with E-state index in [1.54, 1.807) is 6.92 Å². The van der Waals surface area contributed by atoms with E-state index in [-0.39, 0.29) is 18.2 Å². The van der Waals surface area contributed by atoms with Crippen LogP contribution in [0.3, 0.4) is 0 Å². The van der Waals surface area contributed by atoms with Crippen molar-refractivity contribution < 1.29 is 45.0 Å². The Balaban J connectivity index is -0.0000000446. The van der Waals surface area contributed by atoms with E-state index in [0.29, 0.717) is 6.42 Å². The van der Waals surface area contributed by atoms with E-state index in [9.17, 15) is 39.5 Å². The zero-order valence-corrected chi connectivity index (χ0v) is 44.6. The lowest BCUT2D eigenvalue weighted by Gasteiger charge is -2.21. The number of hydrogen-bond acceptors (Lipinski definition) is 0. The Bertz CT molecular complexity index is 695. The quantitative estimate of drug-likeness (QED) is 0.233. The fourth-order valence-corrected chi connectivity index (χ4v) is 0.585. The van der Waals surface area contributed by atoms with Crippen LogP contribution in [0.15, 0.2) is 0 Å². The molecule has 1 unspecified atom stereocenters. The highest BCUT2D eigenvalue weighted by Crippen LogP contribution is 2.36. The average molecular weight is 877 g/mol. The van der Waals surface area contributed by atoms with Crippen molar-refractivity contribution in [1.82, 2.24) is 0 Å². The summed E-state index contributed by atoms with van der Waals surface area (Å²) in [5.41, 5.74) is -1.56. The van der Waals surface area contributed by atoms with Crippen LogP contribution in [0.2, 0.25) is 0 Å². The predicted molar refractivity (Wildman–Crippen MR) is 252 cm³/mol. The third-order valence-electron chi connectivity index (χ3n) is 5.05. The minimum atomic E-state index is -4.06. The van der Waals surface area contributed by atoms with Gasteiger partial charge in [0.2, 0.25) is 0 Å². The summed E-state index contributed by atoms with van der Waals surface area (Å²) in [6.45, 7) is 53.1. The van der Waals surface area contributed by atoms with Crippen LogP contribution < -0.4 is 0 Å². The van der Waals surface area contributed by atoms with Crippen LogP contribution in [-0.2, 0) is 0 Å². The van der Waals surface area contributed by atoms with E-state index < -0.39 is 42.2 Å². The monoisotopic (exact) mass is 877 g/mol. The molecule has 0 aliphatic heterocycles. The van der Waals surface area contributed by atoms with Crippen molar-refractivity contribution in [2.75, 3.05) is 0 Å². The van der Waals surface area contributed by atoms with Gasteiger partial charge in [0, 0.05) is 11.4 Å². The molecule has 9 heteroatoms. The molecule has 1 atom stereocenters. The van der Waals surface area contributed by atoms with Crippen molar-refractivity contribution in [1.29, 1.82) is 0 Å². The Morgan fingerprint density at radius 3 is 0.621 bits per heavy atom. The molecule has 0 spiro atoms. The maximum absolute atomic E-state index is 11.6. The second-order valence-corrected chi connectivity index (χ2v) is 16.6. The van der Waals surface area contributed by atoms with Crippen LogP contribution in [0, 0.1) is 40.9 Å². The molecular weight excluding hydrogens is 760 g/mol. The minimum Gasteiger partial charge on any atom is -0.171 e. The Labute approximate surface area is 368 Å². The molecule has 58 heavy (non-hydrogen) atoms.